The van der Waals surface area contributed by atoms with Gasteiger partial charge in [0.15, 0.2) is 0 Å². The molecule has 0 aromatic carbocycles. The zero-order valence-electron chi connectivity index (χ0n) is 14.3. The van der Waals surface area contributed by atoms with Gasteiger partial charge in [-0.15, -0.1) is 11.3 Å². The van der Waals surface area contributed by atoms with Gasteiger partial charge >= 0.3 is 5.97 Å². The molecule has 1 N–H and O–H groups in total. The average Bonchev–Trinajstić information content (AvgIpc) is 2.89. The van der Waals surface area contributed by atoms with Gasteiger partial charge in [0.25, 0.3) is 0 Å². The summed E-state index contributed by atoms with van der Waals surface area (Å²) < 4.78 is 10.9. The van der Waals surface area contributed by atoms with Crippen LogP contribution in [0.2, 0.25) is 0 Å². The van der Waals surface area contributed by atoms with E-state index in [9.17, 15) is 19.5 Å². The number of carboxylic acid groups (broad SMARTS) is 1. The van der Waals surface area contributed by atoms with Gasteiger partial charge in [0, 0.05) is 17.4 Å². The van der Waals surface area contributed by atoms with Gasteiger partial charge in [0.1, 0.15) is 5.00 Å². The Morgan fingerprint density at radius 1 is 1.40 bits per heavy atom. The van der Waals surface area contributed by atoms with Crippen molar-refractivity contribution in [3.05, 3.63) is 28.2 Å². The number of carbonyl (C=O) groups is 3. The number of fused-ring (bicyclic) bond motifs is 1. The number of carboxylic acids is 1. The standard InChI is InChI=1S/C17H21NO6S/c1-4-23-17(22)15-10-7-11(9(2)3)24-8-12(10)25-16(15)18-13(19)5-6-14(20)21/h5-6,9,11H,4,7-8H2,1-3H3,(H,18,19)(H,20,21)/p-1/b6-5+/t11-/m1/s1. The van der Waals surface area contributed by atoms with E-state index in [0.717, 1.165) is 16.5 Å². The third-order valence-corrected chi connectivity index (χ3v) is 4.88. The van der Waals surface area contributed by atoms with Crippen LogP contribution in [0.25, 0.3) is 0 Å². The van der Waals surface area contributed by atoms with Crippen molar-refractivity contribution in [2.45, 2.75) is 39.9 Å². The molecule has 1 aromatic rings. The molecule has 25 heavy (non-hydrogen) atoms. The molecule has 0 saturated heterocycles. The molecule has 136 valence electrons. The molecule has 0 unspecified atom stereocenters. The number of esters is 1. The van der Waals surface area contributed by atoms with Crippen LogP contribution in [0, 0.1) is 5.92 Å². The lowest BCUT2D eigenvalue weighted by Gasteiger charge is -2.26. The Morgan fingerprint density at radius 2 is 2.12 bits per heavy atom. The third kappa shape index (κ3) is 4.67. The van der Waals surface area contributed by atoms with Crippen LogP contribution >= 0.6 is 11.3 Å². The largest absolute Gasteiger partial charge is 0.545 e. The lowest BCUT2D eigenvalue weighted by molar-refractivity contribution is -0.297. The minimum atomic E-state index is -1.47. The van der Waals surface area contributed by atoms with E-state index in [0.29, 0.717) is 29.7 Å². The number of amides is 1. The van der Waals surface area contributed by atoms with E-state index >= 15 is 0 Å². The van der Waals surface area contributed by atoms with Gasteiger partial charge in [0.05, 0.1) is 30.9 Å². The molecule has 0 aliphatic carbocycles. The lowest BCUT2D eigenvalue weighted by Crippen LogP contribution is -2.27. The second kappa shape index (κ2) is 8.26. The highest BCUT2D eigenvalue weighted by atomic mass is 32.1. The first-order chi connectivity index (χ1) is 11.8. The van der Waals surface area contributed by atoms with Crippen LogP contribution in [0.4, 0.5) is 5.00 Å². The predicted octanol–water partition coefficient (Wildman–Crippen LogP) is 1.27. The van der Waals surface area contributed by atoms with Gasteiger partial charge in [-0.2, -0.15) is 0 Å². The number of aliphatic carboxylic acids is 1. The molecule has 0 saturated carbocycles. The fourth-order valence-electron chi connectivity index (χ4n) is 2.52. The van der Waals surface area contributed by atoms with Crippen molar-refractivity contribution in [2.24, 2.45) is 5.92 Å². The summed E-state index contributed by atoms with van der Waals surface area (Å²) in [5.41, 5.74) is 1.15. The maximum atomic E-state index is 12.4. The van der Waals surface area contributed by atoms with Gasteiger partial charge in [-0.05, 0) is 24.5 Å². The van der Waals surface area contributed by atoms with Gasteiger partial charge in [-0.3, -0.25) is 4.79 Å². The Balaban J connectivity index is 2.35. The molecule has 1 amide bonds. The average molecular weight is 366 g/mol. The molecule has 1 atom stereocenters. The van der Waals surface area contributed by atoms with Crippen LogP contribution in [0.15, 0.2) is 12.2 Å². The number of hydrogen-bond acceptors (Lipinski definition) is 7. The quantitative estimate of drug-likeness (QED) is 0.600. The molecule has 0 bridgehead atoms. The zero-order valence-corrected chi connectivity index (χ0v) is 15.1. The molecule has 2 rings (SSSR count). The van der Waals surface area contributed by atoms with E-state index in [4.69, 9.17) is 9.47 Å². The summed E-state index contributed by atoms with van der Waals surface area (Å²) in [5, 5.41) is 13.3. The zero-order chi connectivity index (χ0) is 18.6. The van der Waals surface area contributed by atoms with Crippen LogP contribution in [0.5, 0.6) is 0 Å². The third-order valence-electron chi connectivity index (χ3n) is 3.76. The van der Waals surface area contributed by atoms with E-state index in [-0.39, 0.29) is 18.6 Å². The van der Waals surface area contributed by atoms with E-state index in [1.165, 1.54) is 11.3 Å². The molecule has 0 spiro atoms. The summed E-state index contributed by atoms with van der Waals surface area (Å²) >= 11 is 1.24. The SMILES string of the molecule is CCOC(=O)c1c(NC(=O)/C=C/C(=O)[O-])sc2c1C[C@H](C(C)C)OC2. The van der Waals surface area contributed by atoms with Crippen LogP contribution in [-0.4, -0.2) is 30.6 Å². The molecule has 0 radical (unpaired) electrons. The number of hydrogen-bond donors (Lipinski definition) is 1. The highest BCUT2D eigenvalue weighted by molar-refractivity contribution is 7.17. The first kappa shape index (κ1) is 19.1. The summed E-state index contributed by atoms with van der Waals surface area (Å²) in [6.45, 7) is 6.36. The minimum Gasteiger partial charge on any atom is -0.545 e. The molecule has 0 fully saturated rings. The normalized spacial score (nSPS) is 16.7. The molecule has 1 aliphatic heterocycles. The Morgan fingerprint density at radius 3 is 2.72 bits per heavy atom. The predicted molar refractivity (Wildman–Crippen MR) is 90.2 cm³/mol. The summed E-state index contributed by atoms with van der Waals surface area (Å²) in [6, 6.07) is 0. The van der Waals surface area contributed by atoms with Crippen LogP contribution in [0.1, 0.15) is 41.6 Å². The summed E-state index contributed by atoms with van der Waals surface area (Å²) in [4.78, 5) is 35.5. The van der Waals surface area contributed by atoms with Crippen molar-refractivity contribution in [3.8, 4) is 0 Å². The number of anilines is 1. The van der Waals surface area contributed by atoms with E-state index in [1.807, 2.05) is 13.8 Å². The summed E-state index contributed by atoms with van der Waals surface area (Å²) in [6.07, 6.45) is 2.01. The number of thiophene rings is 1. The second-order valence-corrected chi connectivity index (χ2v) is 6.97. The molecule has 2 heterocycles. The van der Waals surface area contributed by atoms with Gasteiger partial charge in [0.2, 0.25) is 5.91 Å². The maximum absolute atomic E-state index is 12.4. The first-order valence-electron chi connectivity index (χ1n) is 7.96. The molecular formula is C17H20NO6S-. The fraction of sp³-hybridized carbons (Fsp3) is 0.471. The van der Waals surface area contributed by atoms with Crippen molar-refractivity contribution in [2.75, 3.05) is 11.9 Å². The fourth-order valence-corrected chi connectivity index (χ4v) is 3.66. The van der Waals surface area contributed by atoms with Gasteiger partial charge in [-0.25, -0.2) is 4.79 Å². The summed E-state index contributed by atoms with van der Waals surface area (Å²) in [7, 11) is 0. The van der Waals surface area contributed by atoms with Crippen molar-refractivity contribution in [1.82, 2.24) is 0 Å². The Hall–Kier alpha value is -2.19. The van der Waals surface area contributed by atoms with E-state index in [1.54, 1.807) is 6.92 Å². The van der Waals surface area contributed by atoms with Crippen molar-refractivity contribution >= 4 is 34.2 Å². The van der Waals surface area contributed by atoms with E-state index in [2.05, 4.69) is 5.32 Å². The van der Waals surface area contributed by atoms with Crippen LogP contribution in [0.3, 0.4) is 0 Å². The number of carbonyl (C=O) groups excluding carboxylic acids is 3. The van der Waals surface area contributed by atoms with Gasteiger partial charge < -0.3 is 24.7 Å². The molecule has 1 aliphatic rings. The highest BCUT2D eigenvalue weighted by Crippen LogP contribution is 2.39. The summed E-state index contributed by atoms with van der Waals surface area (Å²) in [5.74, 6) is -2.36. The Kier molecular flexibility index (Phi) is 6.33. The van der Waals surface area contributed by atoms with Crippen molar-refractivity contribution in [3.63, 3.8) is 0 Å². The maximum Gasteiger partial charge on any atom is 0.341 e. The first-order valence-corrected chi connectivity index (χ1v) is 8.78. The number of rotatable bonds is 6. The lowest BCUT2D eigenvalue weighted by atomic mass is 9.94. The van der Waals surface area contributed by atoms with Crippen LogP contribution in [-0.2, 0) is 32.1 Å². The Bertz CT molecular complexity index is 706. The smallest absolute Gasteiger partial charge is 0.341 e. The van der Waals surface area contributed by atoms with E-state index < -0.39 is 17.8 Å². The topological polar surface area (TPSA) is 105 Å². The number of nitrogens with one attached hydrogen (secondary N) is 1. The monoisotopic (exact) mass is 366 g/mol. The molecule has 7 nitrogen and oxygen atoms in total. The van der Waals surface area contributed by atoms with Crippen molar-refractivity contribution in [1.29, 1.82) is 0 Å². The van der Waals surface area contributed by atoms with Crippen LogP contribution < -0.4 is 10.4 Å². The molecule has 8 heteroatoms. The van der Waals surface area contributed by atoms with Gasteiger partial charge in [-0.1, -0.05) is 13.8 Å². The second-order valence-electron chi connectivity index (χ2n) is 5.87. The van der Waals surface area contributed by atoms with Crippen molar-refractivity contribution < 1.29 is 29.0 Å². The minimum absolute atomic E-state index is 0.0168. The molecular weight excluding hydrogens is 346 g/mol. The highest BCUT2D eigenvalue weighted by Gasteiger charge is 2.31. The number of ether oxygens (including phenoxy) is 2. The Labute approximate surface area is 149 Å². The molecule has 1 aromatic heterocycles.